The van der Waals surface area contributed by atoms with E-state index in [1.54, 1.807) is 63.4 Å². The van der Waals surface area contributed by atoms with Crippen LogP contribution in [-0.2, 0) is 0 Å². The van der Waals surface area contributed by atoms with Crippen LogP contribution in [0, 0.1) is 74.9 Å². The number of fused-ring (bicyclic) bond motifs is 4. The fraction of sp³-hybridized carbons (Fsp3) is 0.947. The molecule has 7 aliphatic rings. The van der Waals surface area contributed by atoms with Crippen LogP contribution in [0.2, 0.25) is 0 Å². The van der Waals surface area contributed by atoms with E-state index in [-0.39, 0.29) is 0 Å². The van der Waals surface area contributed by atoms with Crippen molar-refractivity contribution in [1.82, 2.24) is 0 Å². The van der Waals surface area contributed by atoms with Crippen molar-refractivity contribution in [3.05, 3.63) is 12.2 Å². The average molecular weight is 519 g/mol. The van der Waals surface area contributed by atoms with Crippen molar-refractivity contribution in [2.24, 2.45) is 74.9 Å². The Hall–Kier alpha value is -0.260. The van der Waals surface area contributed by atoms with Gasteiger partial charge in [0.25, 0.3) is 0 Å². The van der Waals surface area contributed by atoms with Crippen LogP contribution >= 0.6 is 0 Å². The molecule has 0 heteroatoms. The largest absolute Gasteiger partial charge is 0.0996 e. The minimum atomic E-state index is 0.609. The summed E-state index contributed by atoms with van der Waals surface area (Å²) in [6.07, 6.45) is 27.5. The van der Waals surface area contributed by atoms with E-state index in [9.17, 15) is 0 Å². The zero-order chi connectivity index (χ0) is 26.5. The molecule has 0 bridgehead atoms. The third-order valence-corrected chi connectivity index (χ3v) is 16.0. The SMILES string of the molecule is C=C(C[C@H](C(C)C)C1CCC2C(C1)CC1[C@@H]3CCC4C(C)(C)CCC[C@@]45CC35CC[C@]21C)C1CCCCC1. The third kappa shape index (κ3) is 3.72. The number of hydrogen-bond acceptors (Lipinski definition) is 0. The van der Waals surface area contributed by atoms with Crippen molar-refractivity contribution in [2.75, 3.05) is 0 Å². The first-order chi connectivity index (χ1) is 18.1. The van der Waals surface area contributed by atoms with Gasteiger partial charge >= 0.3 is 0 Å². The van der Waals surface area contributed by atoms with E-state index in [0.29, 0.717) is 10.8 Å². The summed E-state index contributed by atoms with van der Waals surface area (Å²) in [5.41, 5.74) is 4.48. The van der Waals surface area contributed by atoms with Crippen molar-refractivity contribution >= 4 is 0 Å². The second-order valence-corrected chi connectivity index (χ2v) is 18.0. The van der Waals surface area contributed by atoms with Crippen LogP contribution in [0.15, 0.2) is 12.2 Å². The quantitative estimate of drug-likeness (QED) is 0.317. The smallest absolute Gasteiger partial charge is 0.0199 e. The fourth-order valence-electron chi connectivity index (χ4n) is 14.3. The van der Waals surface area contributed by atoms with Crippen LogP contribution in [0.25, 0.3) is 0 Å². The Balaban J connectivity index is 1.07. The first kappa shape index (κ1) is 26.6. The van der Waals surface area contributed by atoms with Gasteiger partial charge in [0.2, 0.25) is 0 Å². The molecular weight excluding hydrogens is 456 g/mol. The Morgan fingerprint density at radius 2 is 1.50 bits per heavy atom. The molecule has 7 fully saturated rings. The van der Waals surface area contributed by atoms with Gasteiger partial charge in [0, 0.05) is 0 Å². The van der Waals surface area contributed by atoms with Gasteiger partial charge in [0.15, 0.2) is 0 Å². The lowest BCUT2D eigenvalue weighted by molar-refractivity contribution is -0.0946. The molecule has 0 aromatic carbocycles. The molecule has 10 atom stereocenters. The summed E-state index contributed by atoms with van der Waals surface area (Å²) in [5, 5.41) is 0. The summed E-state index contributed by atoms with van der Waals surface area (Å²) in [6.45, 7) is 17.9. The highest BCUT2D eigenvalue weighted by Crippen LogP contribution is 2.87. The van der Waals surface area contributed by atoms with Crippen LogP contribution in [0.3, 0.4) is 0 Å². The number of allylic oxidation sites excluding steroid dienone is 1. The van der Waals surface area contributed by atoms with E-state index in [2.05, 4.69) is 34.6 Å². The zero-order valence-corrected chi connectivity index (χ0v) is 26.1. The molecule has 7 rings (SSSR count). The van der Waals surface area contributed by atoms with Gasteiger partial charge in [-0.2, -0.15) is 0 Å². The molecule has 0 heterocycles. The molecule has 7 aliphatic carbocycles. The molecule has 6 unspecified atom stereocenters. The second-order valence-electron chi connectivity index (χ2n) is 18.0. The summed E-state index contributed by atoms with van der Waals surface area (Å²) in [4.78, 5) is 0. The predicted octanol–water partition coefficient (Wildman–Crippen LogP) is 11.3. The number of rotatable bonds is 5. The fourth-order valence-corrected chi connectivity index (χ4v) is 14.3. The molecule has 214 valence electrons. The maximum absolute atomic E-state index is 4.73. The lowest BCUT2D eigenvalue weighted by Crippen LogP contribution is -2.51. The molecule has 0 aliphatic heterocycles. The molecule has 38 heavy (non-hydrogen) atoms. The van der Waals surface area contributed by atoms with Crippen molar-refractivity contribution in [2.45, 2.75) is 150 Å². The van der Waals surface area contributed by atoms with Crippen molar-refractivity contribution in [3.8, 4) is 0 Å². The van der Waals surface area contributed by atoms with Gasteiger partial charge in [-0.25, -0.2) is 0 Å². The highest BCUT2D eigenvalue weighted by molar-refractivity contribution is 5.28. The van der Waals surface area contributed by atoms with E-state index < -0.39 is 0 Å². The van der Waals surface area contributed by atoms with Gasteiger partial charge in [0.05, 0.1) is 0 Å². The van der Waals surface area contributed by atoms with Gasteiger partial charge in [-0.1, -0.05) is 72.5 Å². The first-order valence-corrected chi connectivity index (χ1v) is 17.8. The Kier molecular flexibility index (Phi) is 6.39. The molecule has 0 N–H and O–H groups in total. The molecule has 0 aromatic rings. The van der Waals surface area contributed by atoms with Crippen LogP contribution in [0.4, 0.5) is 0 Å². The van der Waals surface area contributed by atoms with Crippen LogP contribution < -0.4 is 0 Å². The van der Waals surface area contributed by atoms with Crippen molar-refractivity contribution in [3.63, 3.8) is 0 Å². The lowest BCUT2D eigenvalue weighted by Gasteiger charge is -2.58. The Labute approximate surface area is 237 Å². The Morgan fingerprint density at radius 3 is 2.26 bits per heavy atom. The summed E-state index contributed by atoms with van der Waals surface area (Å²) >= 11 is 0. The Bertz CT molecular complexity index is 918. The van der Waals surface area contributed by atoms with Crippen molar-refractivity contribution in [1.29, 1.82) is 0 Å². The van der Waals surface area contributed by atoms with Crippen LogP contribution in [0.1, 0.15) is 150 Å². The molecule has 0 saturated heterocycles. The second kappa shape index (κ2) is 9.12. The highest BCUT2D eigenvalue weighted by atomic mass is 14.8. The van der Waals surface area contributed by atoms with E-state index in [1.165, 1.54) is 57.8 Å². The van der Waals surface area contributed by atoms with Gasteiger partial charge in [-0.15, -0.1) is 0 Å². The summed E-state index contributed by atoms with van der Waals surface area (Å²) in [7, 11) is 0. The summed E-state index contributed by atoms with van der Waals surface area (Å²) < 4.78 is 0. The maximum Gasteiger partial charge on any atom is -0.0199 e. The van der Waals surface area contributed by atoms with E-state index in [4.69, 9.17) is 6.58 Å². The van der Waals surface area contributed by atoms with Gasteiger partial charge in [0.1, 0.15) is 0 Å². The highest BCUT2D eigenvalue weighted by Gasteiger charge is 2.79. The maximum atomic E-state index is 4.73. The van der Waals surface area contributed by atoms with E-state index in [0.717, 1.165) is 64.1 Å². The van der Waals surface area contributed by atoms with Gasteiger partial charge in [-0.05, 0) is 165 Å². The molecule has 2 spiro atoms. The summed E-state index contributed by atoms with van der Waals surface area (Å²) in [6, 6.07) is 0. The van der Waals surface area contributed by atoms with Crippen molar-refractivity contribution < 1.29 is 0 Å². The molecule has 0 aromatic heterocycles. The van der Waals surface area contributed by atoms with E-state index in [1.807, 2.05) is 0 Å². The first-order valence-electron chi connectivity index (χ1n) is 17.8. The Morgan fingerprint density at radius 1 is 0.737 bits per heavy atom. The monoisotopic (exact) mass is 518 g/mol. The molecule has 0 nitrogen and oxygen atoms in total. The minimum absolute atomic E-state index is 0.609. The average Bonchev–Trinajstić information content (AvgIpc) is 3.46. The van der Waals surface area contributed by atoms with Crippen LogP contribution in [-0.4, -0.2) is 0 Å². The number of hydrogen-bond donors (Lipinski definition) is 0. The predicted molar refractivity (Wildman–Crippen MR) is 162 cm³/mol. The molecule has 0 radical (unpaired) electrons. The van der Waals surface area contributed by atoms with Gasteiger partial charge < -0.3 is 0 Å². The molecular formula is C38H62. The van der Waals surface area contributed by atoms with Crippen LogP contribution in [0.5, 0.6) is 0 Å². The zero-order valence-electron chi connectivity index (χ0n) is 26.1. The molecule has 0 amide bonds. The third-order valence-electron chi connectivity index (χ3n) is 16.0. The topological polar surface area (TPSA) is 0 Å². The normalized spacial score (nSPS) is 50.3. The lowest BCUT2D eigenvalue weighted by atomic mass is 9.46. The minimum Gasteiger partial charge on any atom is -0.0996 e. The van der Waals surface area contributed by atoms with Gasteiger partial charge in [-0.3, -0.25) is 0 Å². The van der Waals surface area contributed by atoms with E-state index >= 15 is 0 Å². The standard InChI is InChI=1S/C38H62/c1-25(2)30(21-26(3)27-11-8-7-9-12-27)28-13-14-31-29(22-28)23-33-32-15-16-34-35(4,5)17-10-18-38(34)24-37(32,38)20-19-36(31,33)6/h25,27-34H,3,7-24H2,1-2,4-6H3/t28?,29?,30-,31?,32+,33?,34?,36-,37?,38-/m1/s1. The molecule has 7 saturated carbocycles. The summed E-state index contributed by atoms with van der Waals surface area (Å²) in [5.74, 6) is 8.79.